The molecule has 1 nitrogen and oxygen atoms in total. The first-order valence-corrected chi connectivity index (χ1v) is 4.21. The van der Waals surface area contributed by atoms with Gasteiger partial charge in [0, 0.05) is 11.7 Å². The average molecular weight is 161 g/mol. The zero-order chi connectivity index (χ0) is 8.97. The first-order chi connectivity index (χ1) is 5.72. The van der Waals surface area contributed by atoms with Gasteiger partial charge in [-0.15, -0.1) is 0 Å². The van der Waals surface area contributed by atoms with Crippen LogP contribution in [0.25, 0.3) is 6.08 Å². The highest BCUT2D eigenvalue weighted by molar-refractivity contribution is 5.53. The highest BCUT2D eigenvalue weighted by Gasteiger charge is 1.93. The van der Waals surface area contributed by atoms with E-state index in [-0.39, 0.29) is 0 Å². The van der Waals surface area contributed by atoms with Crippen LogP contribution >= 0.6 is 0 Å². The van der Waals surface area contributed by atoms with Crippen molar-refractivity contribution in [3.05, 3.63) is 36.4 Å². The number of anilines is 1. The molecular weight excluding hydrogens is 146 g/mol. The van der Waals surface area contributed by atoms with Crippen LogP contribution in [0.4, 0.5) is 5.69 Å². The van der Waals surface area contributed by atoms with Crippen molar-refractivity contribution in [3.8, 4) is 0 Å². The van der Waals surface area contributed by atoms with Crippen molar-refractivity contribution in [2.45, 2.75) is 19.9 Å². The zero-order valence-corrected chi connectivity index (χ0v) is 7.67. The molecule has 0 bridgehead atoms. The van der Waals surface area contributed by atoms with E-state index < -0.39 is 0 Å². The predicted molar refractivity (Wildman–Crippen MR) is 55.3 cm³/mol. The van der Waals surface area contributed by atoms with Gasteiger partial charge in [-0.2, -0.15) is 0 Å². The molecule has 1 N–H and O–H groups in total. The molecule has 0 unspecified atom stereocenters. The molecule has 0 aromatic heterocycles. The Morgan fingerprint density at radius 3 is 2.25 bits per heavy atom. The second-order valence-corrected chi connectivity index (χ2v) is 3.13. The largest absolute Gasteiger partial charge is 0.383 e. The Morgan fingerprint density at radius 1 is 1.25 bits per heavy atom. The van der Waals surface area contributed by atoms with Gasteiger partial charge in [-0.05, 0) is 31.5 Å². The fourth-order valence-electron chi connectivity index (χ4n) is 1.05. The summed E-state index contributed by atoms with van der Waals surface area (Å²) in [5.74, 6) is 0. The summed E-state index contributed by atoms with van der Waals surface area (Å²) in [6.07, 6.45) is 1.85. The Hall–Kier alpha value is -1.24. The van der Waals surface area contributed by atoms with Gasteiger partial charge in [0.05, 0.1) is 0 Å². The zero-order valence-electron chi connectivity index (χ0n) is 7.67. The Balaban J connectivity index is 2.71. The van der Waals surface area contributed by atoms with E-state index in [0.29, 0.717) is 6.04 Å². The molecule has 0 saturated heterocycles. The third-order valence-corrected chi connectivity index (χ3v) is 1.60. The molecule has 0 aliphatic carbocycles. The smallest absolute Gasteiger partial charge is 0.0342 e. The van der Waals surface area contributed by atoms with Crippen LogP contribution in [0.3, 0.4) is 0 Å². The van der Waals surface area contributed by atoms with E-state index >= 15 is 0 Å². The first kappa shape index (κ1) is 8.85. The molecule has 12 heavy (non-hydrogen) atoms. The van der Waals surface area contributed by atoms with E-state index in [2.05, 4.69) is 50.0 Å². The molecule has 1 rings (SSSR count). The van der Waals surface area contributed by atoms with Gasteiger partial charge in [-0.3, -0.25) is 0 Å². The highest BCUT2D eigenvalue weighted by Crippen LogP contribution is 2.10. The molecule has 0 radical (unpaired) electrons. The Bertz CT molecular complexity index is 246. The molecule has 1 aromatic rings. The predicted octanol–water partition coefficient (Wildman–Crippen LogP) is 3.15. The fourth-order valence-corrected chi connectivity index (χ4v) is 1.05. The summed E-state index contributed by atoms with van der Waals surface area (Å²) in [4.78, 5) is 0. The third-order valence-electron chi connectivity index (χ3n) is 1.60. The van der Waals surface area contributed by atoms with E-state index in [9.17, 15) is 0 Å². The van der Waals surface area contributed by atoms with Crippen LogP contribution in [-0.2, 0) is 0 Å². The minimum atomic E-state index is 0.486. The van der Waals surface area contributed by atoms with E-state index in [4.69, 9.17) is 0 Å². The Morgan fingerprint density at radius 2 is 1.83 bits per heavy atom. The SMILES string of the molecule is C=Cc1ccc(NC(C)C)cc1. The number of hydrogen-bond donors (Lipinski definition) is 1. The van der Waals surface area contributed by atoms with Gasteiger partial charge in [0.25, 0.3) is 0 Å². The summed E-state index contributed by atoms with van der Waals surface area (Å²) < 4.78 is 0. The summed E-state index contributed by atoms with van der Waals surface area (Å²) in [7, 11) is 0. The van der Waals surface area contributed by atoms with Crippen LogP contribution in [0, 0.1) is 0 Å². The van der Waals surface area contributed by atoms with Crippen molar-refractivity contribution in [1.82, 2.24) is 0 Å². The molecule has 0 aliphatic heterocycles. The Labute approximate surface area is 74.1 Å². The fraction of sp³-hybridized carbons (Fsp3) is 0.273. The van der Waals surface area contributed by atoms with Gasteiger partial charge in [0.15, 0.2) is 0 Å². The van der Waals surface area contributed by atoms with Crippen molar-refractivity contribution in [3.63, 3.8) is 0 Å². The molecule has 0 atom stereocenters. The summed E-state index contributed by atoms with van der Waals surface area (Å²) in [6, 6.07) is 8.73. The van der Waals surface area contributed by atoms with Crippen LogP contribution < -0.4 is 5.32 Å². The normalized spacial score (nSPS) is 9.92. The quantitative estimate of drug-likeness (QED) is 0.718. The summed E-state index contributed by atoms with van der Waals surface area (Å²) in [5, 5.41) is 3.32. The first-order valence-electron chi connectivity index (χ1n) is 4.21. The van der Waals surface area contributed by atoms with Gasteiger partial charge >= 0.3 is 0 Å². The van der Waals surface area contributed by atoms with Crippen molar-refractivity contribution in [1.29, 1.82) is 0 Å². The maximum absolute atomic E-state index is 3.70. The topological polar surface area (TPSA) is 12.0 Å². The molecule has 64 valence electrons. The van der Waals surface area contributed by atoms with E-state index in [0.717, 1.165) is 11.3 Å². The number of rotatable bonds is 3. The minimum Gasteiger partial charge on any atom is -0.383 e. The van der Waals surface area contributed by atoms with Crippen LogP contribution in [0.2, 0.25) is 0 Å². The van der Waals surface area contributed by atoms with Crippen molar-refractivity contribution in [2.75, 3.05) is 5.32 Å². The van der Waals surface area contributed by atoms with Gasteiger partial charge in [0.1, 0.15) is 0 Å². The van der Waals surface area contributed by atoms with Crippen LogP contribution in [-0.4, -0.2) is 6.04 Å². The van der Waals surface area contributed by atoms with Crippen LogP contribution in [0.5, 0.6) is 0 Å². The van der Waals surface area contributed by atoms with Crippen molar-refractivity contribution in [2.24, 2.45) is 0 Å². The molecule has 0 saturated carbocycles. The van der Waals surface area contributed by atoms with E-state index in [1.807, 2.05) is 6.08 Å². The standard InChI is InChI=1S/C11H15N/c1-4-10-5-7-11(8-6-10)12-9(2)3/h4-9,12H,1H2,2-3H3. The maximum Gasteiger partial charge on any atom is 0.0342 e. The second-order valence-electron chi connectivity index (χ2n) is 3.13. The van der Waals surface area contributed by atoms with E-state index in [1.54, 1.807) is 0 Å². The molecule has 0 aliphatic rings. The molecule has 0 heterocycles. The van der Waals surface area contributed by atoms with Gasteiger partial charge in [-0.1, -0.05) is 24.8 Å². The lowest BCUT2D eigenvalue weighted by Crippen LogP contribution is -2.09. The molecule has 0 amide bonds. The molecular formula is C11H15N. The van der Waals surface area contributed by atoms with E-state index in [1.165, 1.54) is 0 Å². The van der Waals surface area contributed by atoms with Crippen LogP contribution in [0.15, 0.2) is 30.8 Å². The van der Waals surface area contributed by atoms with Crippen molar-refractivity contribution >= 4 is 11.8 Å². The lowest BCUT2D eigenvalue weighted by Gasteiger charge is -2.09. The summed E-state index contributed by atoms with van der Waals surface area (Å²) in [5.41, 5.74) is 2.32. The third kappa shape index (κ3) is 2.42. The highest BCUT2D eigenvalue weighted by atomic mass is 14.9. The Kier molecular flexibility index (Phi) is 2.92. The lowest BCUT2D eigenvalue weighted by atomic mass is 10.2. The maximum atomic E-state index is 3.70. The summed E-state index contributed by atoms with van der Waals surface area (Å²) in [6.45, 7) is 7.95. The van der Waals surface area contributed by atoms with Gasteiger partial charge in [-0.25, -0.2) is 0 Å². The molecule has 0 fully saturated rings. The second kappa shape index (κ2) is 3.96. The average Bonchev–Trinajstić information content (AvgIpc) is 2.05. The van der Waals surface area contributed by atoms with Gasteiger partial charge in [0.2, 0.25) is 0 Å². The molecule has 0 spiro atoms. The number of hydrogen-bond acceptors (Lipinski definition) is 1. The van der Waals surface area contributed by atoms with Crippen LogP contribution in [0.1, 0.15) is 19.4 Å². The number of benzene rings is 1. The van der Waals surface area contributed by atoms with Gasteiger partial charge < -0.3 is 5.32 Å². The minimum absolute atomic E-state index is 0.486. The monoisotopic (exact) mass is 161 g/mol. The summed E-state index contributed by atoms with van der Waals surface area (Å²) >= 11 is 0. The van der Waals surface area contributed by atoms with Crippen molar-refractivity contribution < 1.29 is 0 Å². The molecule has 1 heteroatoms. The lowest BCUT2D eigenvalue weighted by molar-refractivity contribution is 0.900. The number of nitrogens with one attached hydrogen (secondary N) is 1. The molecule has 1 aromatic carbocycles.